The summed E-state index contributed by atoms with van der Waals surface area (Å²) in [4.78, 5) is 39.7. The van der Waals surface area contributed by atoms with Gasteiger partial charge in [0.05, 0.1) is 31.1 Å². The van der Waals surface area contributed by atoms with Crippen LogP contribution >= 0.6 is 34.7 Å². The molecule has 2 aromatic heterocycles. The predicted octanol–water partition coefficient (Wildman–Crippen LogP) is 5.86. The van der Waals surface area contributed by atoms with E-state index in [2.05, 4.69) is 20.8 Å². The summed E-state index contributed by atoms with van der Waals surface area (Å²) in [5.74, 6) is 0.656. The van der Waals surface area contributed by atoms with Crippen LogP contribution in [-0.4, -0.2) is 58.1 Å². The maximum Gasteiger partial charge on any atom is 0.341 e. The van der Waals surface area contributed by atoms with Crippen LogP contribution in [0, 0.1) is 0 Å². The summed E-state index contributed by atoms with van der Waals surface area (Å²) in [6.07, 6.45) is 3.73. The van der Waals surface area contributed by atoms with Gasteiger partial charge in [0.2, 0.25) is 5.91 Å². The second-order valence-electron chi connectivity index (χ2n) is 10.2. The van der Waals surface area contributed by atoms with Crippen LogP contribution in [0.5, 0.6) is 11.5 Å². The Bertz CT molecular complexity index is 1670. The molecule has 0 fully saturated rings. The average Bonchev–Trinajstić information content (AvgIpc) is 3.64. The molecule has 0 radical (unpaired) electrons. The van der Waals surface area contributed by atoms with Gasteiger partial charge in [-0.15, -0.1) is 21.5 Å². The number of amides is 2. The van der Waals surface area contributed by atoms with E-state index in [1.165, 1.54) is 23.1 Å². The minimum atomic E-state index is -0.412. The summed E-state index contributed by atoms with van der Waals surface area (Å²) < 4.78 is 18.2. The molecule has 0 saturated carbocycles. The third kappa shape index (κ3) is 8.39. The van der Waals surface area contributed by atoms with Crippen LogP contribution in [0.15, 0.2) is 53.7 Å². The van der Waals surface area contributed by atoms with E-state index in [0.29, 0.717) is 44.7 Å². The van der Waals surface area contributed by atoms with Crippen molar-refractivity contribution in [3.8, 4) is 17.2 Å². The Morgan fingerprint density at radius 1 is 0.935 bits per heavy atom. The third-order valence-corrected chi connectivity index (χ3v) is 9.36. The molecule has 0 bridgehead atoms. The molecular formula is C32H34ClN5O6S2. The van der Waals surface area contributed by atoms with Crippen LogP contribution in [0.25, 0.3) is 5.69 Å². The lowest BCUT2D eigenvalue weighted by molar-refractivity contribution is -0.123. The first kappa shape index (κ1) is 33.3. The molecule has 11 nitrogen and oxygen atoms in total. The summed E-state index contributed by atoms with van der Waals surface area (Å²) in [5, 5.41) is 16.0. The predicted molar refractivity (Wildman–Crippen MR) is 178 cm³/mol. The number of rotatable bonds is 14. The van der Waals surface area contributed by atoms with Crippen molar-refractivity contribution in [1.29, 1.82) is 0 Å². The number of nitrogens with zero attached hydrogens (tertiary/aromatic N) is 3. The lowest BCUT2D eigenvalue weighted by Crippen LogP contribution is -2.29. The van der Waals surface area contributed by atoms with Crippen LogP contribution in [0.2, 0.25) is 5.02 Å². The number of fused-ring (bicyclic) bond motifs is 1. The van der Waals surface area contributed by atoms with Gasteiger partial charge in [-0.25, -0.2) is 4.79 Å². The van der Waals surface area contributed by atoms with E-state index in [-0.39, 0.29) is 37.3 Å². The Balaban J connectivity index is 1.29. The second-order valence-corrected chi connectivity index (χ2v) is 12.6. The molecule has 242 valence electrons. The van der Waals surface area contributed by atoms with E-state index in [1.54, 1.807) is 35.8 Å². The number of aromatic nitrogens is 3. The van der Waals surface area contributed by atoms with Crippen LogP contribution in [0.1, 0.15) is 53.3 Å². The second kappa shape index (κ2) is 16.0. The number of esters is 1. The molecule has 5 rings (SSSR count). The zero-order valence-electron chi connectivity index (χ0n) is 25.5. The summed E-state index contributed by atoms with van der Waals surface area (Å²) in [6, 6.07) is 14.1. The first-order chi connectivity index (χ1) is 22.4. The highest BCUT2D eigenvalue weighted by Crippen LogP contribution is 2.39. The van der Waals surface area contributed by atoms with Gasteiger partial charge in [0.25, 0.3) is 5.91 Å². The van der Waals surface area contributed by atoms with E-state index < -0.39 is 5.97 Å². The standard InChI is InChI=1S/C32H34ClN5O6S2/c1-3-42-22-15-11-21(12-16-22)38-26(17-34-27(39)18-44-23-13-9-20(33)10-14-23)36-37-32(38)45-19-28(40)35-30-29(31(41)43-4-2)24-7-5-6-8-25(24)46-30/h9-16H,3-8,17-19H2,1-2H3,(H,34,39)(H,35,40). The Labute approximate surface area is 280 Å². The molecule has 46 heavy (non-hydrogen) atoms. The van der Waals surface area contributed by atoms with E-state index >= 15 is 0 Å². The third-order valence-electron chi connectivity index (χ3n) is 6.97. The Morgan fingerprint density at radius 2 is 1.65 bits per heavy atom. The highest BCUT2D eigenvalue weighted by molar-refractivity contribution is 7.99. The van der Waals surface area contributed by atoms with Gasteiger partial charge >= 0.3 is 5.97 Å². The monoisotopic (exact) mass is 683 g/mol. The maximum atomic E-state index is 13.2. The fourth-order valence-electron chi connectivity index (χ4n) is 4.90. The molecule has 0 saturated heterocycles. The number of hydrogen-bond acceptors (Lipinski definition) is 10. The van der Waals surface area contributed by atoms with Gasteiger partial charge in [0.1, 0.15) is 16.5 Å². The summed E-state index contributed by atoms with van der Waals surface area (Å²) >= 11 is 8.55. The van der Waals surface area contributed by atoms with Crippen LogP contribution < -0.4 is 20.1 Å². The van der Waals surface area contributed by atoms with Crippen LogP contribution in [-0.2, 0) is 33.7 Å². The minimum absolute atomic E-state index is 0.0152. The molecule has 0 aliphatic heterocycles. The SMILES string of the molecule is CCOC(=O)c1c(NC(=O)CSc2nnc(CNC(=O)COc3ccc(Cl)cc3)n2-c2ccc(OCC)cc2)sc2c1CCCC2. The van der Waals surface area contributed by atoms with E-state index in [1.807, 2.05) is 31.2 Å². The van der Waals surface area contributed by atoms with Crippen molar-refractivity contribution in [3.63, 3.8) is 0 Å². The molecule has 0 atom stereocenters. The van der Waals surface area contributed by atoms with Crippen molar-refractivity contribution in [2.45, 2.75) is 51.2 Å². The van der Waals surface area contributed by atoms with Gasteiger partial charge in [0, 0.05) is 15.6 Å². The molecule has 0 unspecified atom stereocenters. The number of benzene rings is 2. The smallest absolute Gasteiger partial charge is 0.341 e. The lowest BCUT2D eigenvalue weighted by Gasteiger charge is -2.13. The molecule has 0 spiro atoms. The number of carbonyl (C=O) groups is 3. The van der Waals surface area contributed by atoms with Gasteiger partial charge in [-0.1, -0.05) is 23.4 Å². The topological polar surface area (TPSA) is 134 Å². The summed E-state index contributed by atoms with van der Waals surface area (Å²) in [5.41, 5.74) is 2.18. The number of thiophene rings is 1. The van der Waals surface area contributed by atoms with Crippen molar-refractivity contribution in [1.82, 2.24) is 20.1 Å². The van der Waals surface area contributed by atoms with Crippen molar-refractivity contribution in [2.24, 2.45) is 0 Å². The maximum absolute atomic E-state index is 13.2. The number of halogens is 1. The van der Waals surface area contributed by atoms with Gasteiger partial charge in [0.15, 0.2) is 17.6 Å². The summed E-state index contributed by atoms with van der Waals surface area (Å²) in [7, 11) is 0. The minimum Gasteiger partial charge on any atom is -0.494 e. The van der Waals surface area contributed by atoms with E-state index in [9.17, 15) is 14.4 Å². The van der Waals surface area contributed by atoms with Crippen molar-refractivity contribution < 1.29 is 28.6 Å². The van der Waals surface area contributed by atoms with Gasteiger partial charge in [-0.2, -0.15) is 0 Å². The van der Waals surface area contributed by atoms with Crippen LogP contribution in [0.4, 0.5) is 5.00 Å². The van der Waals surface area contributed by atoms with Crippen molar-refractivity contribution in [2.75, 3.05) is 30.9 Å². The number of aryl methyl sites for hydroxylation is 1. The lowest BCUT2D eigenvalue weighted by atomic mass is 9.95. The molecular weight excluding hydrogens is 650 g/mol. The van der Waals surface area contributed by atoms with Crippen molar-refractivity contribution in [3.05, 3.63) is 75.4 Å². The first-order valence-electron chi connectivity index (χ1n) is 14.9. The molecule has 2 amide bonds. The fourth-order valence-corrected chi connectivity index (χ4v) is 7.09. The number of hydrogen-bond donors (Lipinski definition) is 2. The van der Waals surface area contributed by atoms with Gasteiger partial charge in [-0.05, 0) is 93.6 Å². The molecule has 1 aliphatic rings. The quantitative estimate of drug-likeness (QED) is 0.124. The molecule has 2 heterocycles. The highest BCUT2D eigenvalue weighted by Gasteiger charge is 2.27. The molecule has 14 heteroatoms. The van der Waals surface area contributed by atoms with E-state index in [0.717, 1.165) is 41.8 Å². The Hall–Kier alpha value is -4.07. The Morgan fingerprint density at radius 3 is 2.39 bits per heavy atom. The van der Waals surface area contributed by atoms with Crippen molar-refractivity contribution >= 4 is 57.5 Å². The number of ether oxygens (including phenoxy) is 3. The number of nitrogens with one attached hydrogen (secondary N) is 2. The normalized spacial score (nSPS) is 12.2. The molecule has 4 aromatic rings. The molecule has 1 aliphatic carbocycles. The number of thioether (sulfide) groups is 1. The largest absolute Gasteiger partial charge is 0.494 e. The van der Waals surface area contributed by atoms with Crippen LogP contribution in [0.3, 0.4) is 0 Å². The number of carbonyl (C=O) groups excluding carboxylic acids is 3. The number of anilines is 1. The van der Waals surface area contributed by atoms with E-state index in [4.69, 9.17) is 25.8 Å². The average molecular weight is 684 g/mol. The first-order valence-corrected chi connectivity index (χ1v) is 17.1. The Kier molecular flexibility index (Phi) is 11.6. The van der Waals surface area contributed by atoms with Gasteiger partial charge < -0.3 is 24.8 Å². The van der Waals surface area contributed by atoms with Gasteiger partial charge in [-0.3, -0.25) is 14.2 Å². The summed E-state index contributed by atoms with van der Waals surface area (Å²) in [6.45, 7) is 4.34. The highest BCUT2D eigenvalue weighted by atomic mass is 35.5. The molecule has 2 aromatic carbocycles. The zero-order valence-corrected chi connectivity index (χ0v) is 27.9. The fraction of sp³-hybridized carbons (Fsp3) is 0.344. The molecule has 2 N–H and O–H groups in total. The zero-order chi connectivity index (χ0) is 32.5.